The van der Waals surface area contributed by atoms with E-state index in [2.05, 4.69) is 30.4 Å². The fourth-order valence-electron chi connectivity index (χ4n) is 1.25. The maximum atomic E-state index is 11.8. The van der Waals surface area contributed by atoms with Crippen LogP contribution >= 0.6 is 0 Å². The molecule has 0 unspecified atom stereocenters. The van der Waals surface area contributed by atoms with E-state index in [4.69, 9.17) is 0 Å². The maximum absolute atomic E-state index is 11.8. The van der Waals surface area contributed by atoms with Crippen molar-refractivity contribution in [2.24, 2.45) is 25.1 Å². The minimum absolute atomic E-state index is 0.0496. The number of sulfonamides is 1. The number of nitrogens with one attached hydrogen (secondary N) is 1. The number of carbonyl (C=O) groups excluding carboxylic acids is 1. The molecule has 0 aromatic heterocycles. The molecule has 0 aliphatic carbocycles. The van der Waals surface area contributed by atoms with E-state index in [0.29, 0.717) is 5.69 Å². The first kappa shape index (κ1) is 13.0. The first-order valence-corrected chi connectivity index (χ1v) is 6.46. The zero-order valence-corrected chi connectivity index (χ0v) is 10.5. The van der Waals surface area contributed by atoms with Gasteiger partial charge in [-0.25, -0.2) is 0 Å². The van der Waals surface area contributed by atoms with E-state index in [1.165, 1.54) is 31.2 Å². The van der Waals surface area contributed by atoms with Crippen molar-refractivity contribution in [3.05, 3.63) is 24.3 Å². The molecule has 0 saturated carbocycles. The number of nitrogens with zero attached hydrogens (tertiary/aromatic N) is 5. The highest BCUT2D eigenvalue weighted by molar-refractivity contribution is 7.90. The molecule has 1 amide bonds. The zero-order valence-electron chi connectivity index (χ0n) is 9.68. The Morgan fingerprint density at radius 3 is 2.26 bits per heavy atom. The molecule has 9 nitrogen and oxygen atoms in total. The van der Waals surface area contributed by atoms with Crippen LogP contribution in [-0.4, -0.2) is 20.3 Å². The van der Waals surface area contributed by atoms with Gasteiger partial charge in [0.05, 0.1) is 4.90 Å². The number of anilines is 1. The lowest BCUT2D eigenvalue weighted by Gasteiger charge is -2.02. The van der Waals surface area contributed by atoms with Crippen molar-refractivity contribution in [1.29, 1.82) is 0 Å². The van der Waals surface area contributed by atoms with Crippen LogP contribution < -0.4 is 5.32 Å². The molecule has 0 spiro atoms. The van der Waals surface area contributed by atoms with Gasteiger partial charge in [-0.05, 0) is 34.7 Å². The summed E-state index contributed by atoms with van der Waals surface area (Å²) in [6, 6.07) is 5.53. The molecule has 10 heteroatoms. The van der Waals surface area contributed by atoms with Gasteiger partial charge in [0, 0.05) is 12.6 Å². The Bertz CT molecular complexity index is 675. The summed E-state index contributed by atoms with van der Waals surface area (Å²) >= 11 is 0. The van der Waals surface area contributed by atoms with E-state index in [-0.39, 0.29) is 16.8 Å². The minimum Gasteiger partial charge on any atom is -0.326 e. The van der Waals surface area contributed by atoms with E-state index < -0.39 is 10.0 Å². The van der Waals surface area contributed by atoms with Crippen LogP contribution in [0.2, 0.25) is 0 Å². The summed E-state index contributed by atoms with van der Waals surface area (Å²) in [6.45, 7) is 1.35. The highest BCUT2D eigenvalue weighted by Gasteiger charge is 2.15. The van der Waals surface area contributed by atoms with Gasteiger partial charge in [0.1, 0.15) is 0 Å². The quantitative estimate of drug-likeness (QED) is 0.901. The summed E-state index contributed by atoms with van der Waals surface area (Å²) in [4.78, 5) is 10.8. The Morgan fingerprint density at radius 1 is 1.16 bits per heavy atom. The molecular weight excluding hydrogens is 272 g/mol. The number of carbonyl (C=O) groups is 1. The Balaban J connectivity index is 2.26. The molecule has 0 atom stereocenters. The Labute approximate surface area is 108 Å². The number of hydrogen-bond donors (Lipinski definition) is 1. The second-order valence-corrected chi connectivity index (χ2v) is 5.05. The number of guanidine groups is 1. The van der Waals surface area contributed by atoms with Crippen molar-refractivity contribution in [3.63, 3.8) is 0 Å². The molecule has 1 aromatic rings. The van der Waals surface area contributed by atoms with Crippen LogP contribution in [0.3, 0.4) is 0 Å². The van der Waals surface area contributed by atoms with Crippen LogP contribution in [0, 0.1) is 0 Å². The van der Waals surface area contributed by atoms with Gasteiger partial charge >= 0.3 is 5.96 Å². The lowest BCUT2D eigenvalue weighted by molar-refractivity contribution is -0.114. The van der Waals surface area contributed by atoms with Gasteiger partial charge in [0.25, 0.3) is 10.0 Å². The summed E-state index contributed by atoms with van der Waals surface area (Å²) < 4.78 is 27.0. The molecule has 19 heavy (non-hydrogen) atoms. The first-order valence-electron chi connectivity index (χ1n) is 5.02. The van der Waals surface area contributed by atoms with Gasteiger partial charge in [0.15, 0.2) is 0 Å². The van der Waals surface area contributed by atoms with Crippen molar-refractivity contribution in [3.8, 4) is 0 Å². The third-order valence-electron chi connectivity index (χ3n) is 1.98. The molecule has 1 aliphatic heterocycles. The lowest BCUT2D eigenvalue weighted by atomic mass is 10.3. The molecule has 1 aliphatic rings. The average molecular weight is 280 g/mol. The van der Waals surface area contributed by atoms with Crippen LogP contribution in [0.25, 0.3) is 0 Å². The van der Waals surface area contributed by atoms with Crippen molar-refractivity contribution in [2.45, 2.75) is 11.8 Å². The average Bonchev–Trinajstić information content (AvgIpc) is 2.81. The normalized spacial score (nSPS) is 13.6. The van der Waals surface area contributed by atoms with E-state index in [1.807, 2.05) is 0 Å². The predicted molar refractivity (Wildman–Crippen MR) is 65.1 cm³/mol. The van der Waals surface area contributed by atoms with Crippen molar-refractivity contribution in [1.82, 2.24) is 0 Å². The van der Waals surface area contributed by atoms with Crippen LogP contribution in [0.15, 0.2) is 54.2 Å². The number of amides is 1. The molecule has 1 heterocycles. The highest BCUT2D eigenvalue weighted by Crippen LogP contribution is 2.17. The van der Waals surface area contributed by atoms with Crippen LogP contribution in [0.5, 0.6) is 0 Å². The Morgan fingerprint density at radius 2 is 1.74 bits per heavy atom. The second kappa shape index (κ2) is 5.02. The van der Waals surface area contributed by atoms with Crippen molar-refractivity contribution < 1.29 is 13.2 Å². The van der Waals surface area contributed by atoms with Gasteiger partial charge in [-0.15, -0.1) is 4.40 Å². The highest BCUT2D eigenvalue weighted by atomic mass is 32.2. The van der Waals surface area contributed by atoms with Crippen LogP contribution in [-0.2, 0) is 14.8 Å². The number of rotatable bonds is 3. The summed E-state index contributed by atoms with van der Waals surface area (Å²) in [5.74, 6) is -0.575. The molecule has 0 bridgehead atoms. The molecule has 0 saturated heterocycles. The first-order chi connectivity index (χ1) is 8.97. The van der Waals surface area contributed by atoms with Gasteiger partial charge < -0.3 is 5.32 Å². The Hall–Kier alpha value is -2.49. The maximum Gasteiger partial charge on any atom is 0.302 e. The summed E-state index contributed by atoms with van der Waals surface area (Å²) in [6.07, 6.45) is 0. The van der Waals surface area contributed by atoms with Gasteiger partial charge in [-0.3, -0.25) is 4.79 Å². The molecule has 1 N–H and O–H groups in total. The summed E-state index contributed by atoms with van der Waals surface area (Å²) in [7, 11) is -3.92. The number of hydrogen-bond acceptors (Lipinski definition) is 5. The second-order valence-electron chi connectivity index (χ2n) is 3.45. The smallest absolute Gasteiger partial charge is 0.302 e. The van der Waals surface area contributed by atoms with Crippen molar-refractivity contribution >= 4 is 27.6 Å². The van der Waals surface area contributed by atoms with E-state index >= 15 is 0 Å². The molecule has 0 radical (unpaired) electrons. The number of benzene rings is 1. The lowest BCUT2D eigenvalue weighted by Crippen LogP contribution is -2.06. The fourth-order valence-corrected chi connectivity index (χ4v) is 2.12. The van der Waals surface area contributed by atoms with E-state index in [9.17, 15) is 13.2 Å². The third kappa shape index (κ3) is 3.25. The summed E-state index contributed by atoms with van der Waals surface area (Å²) in [5, 5.41) is 15.4. The zero-order chi connectivity index (χ0) is 13.9. The topological polar surface area (TPSA) is 125 Å². The SMILES string of the molecule is CC(=O)Nc1ccc(S(=O)(=O)N=C2N=NN=N2)cc1. The molecule has 98 valence electrons. The molecule has 0 fully saturated rings. The Kier molecular flexibility index (Phi) is 3.42. The third-order valence-corrected chi connectivity index (χ3v) is 3.25. The van der Waals surface area contributed by atoms with E-state index in [1.54, 1.807) is 0 Å². The fraction of sp³-hybridized carbons (Fsp3) is 0.111. The predicted octanol–water partition coefficient (Wildman–Crippen LogP) is 1.52. The van der Waals surface area contributed by atoms with Gasteiger partial charge in [0.2, 0.25) is 5.91 Å². The van der Waals surface area contributed by atoms with Gasteiger partial charge in [-0.2, -0.15) is 8.42 Å². The molecular formula is C9H8N6O3S. The van der Waals surface area contributed by atoms with Gasteiger partial charge in [-0.1, -0.05) is 10.2 Å². The van der Waals surface area contributed by atoms with Crippen LogP contribution in [0.1, 0.15) is 6.92 Å². The standard InChI is InChI=1S/C9H8N6O3S/c1-6(16)10-7-2-4-8(5-3-7)19(17,18)13-9-11-14-15-12-9/h2-5H,1H3,(H,10,16). The molecule has 2 rings (SSSR count). The van der Waals surface area contributed by atoms with E-state index in [0.717, 1.165) is 0 Å². The summed E-state index contributed by atoms with van der Waals surface area (Å²) in [5.41, 5.74) is 0.486. The largest absolute Gasteiger partial charge is 0.326 e. The van der Waals surface area contributed by atoms with Crippen LogP contribution in [0.4, 0.5) is 5.69 Å². The minimum atomic E-state index is -3.92. The molecule has 1 aromatic carbocycles. The monoisotopic (exact) mass is 280 g/mol. The van der Waals surface area contributed by atoms with Crippen molar-refractivity contribution in [2.75, 3.05) is 5.32 Å².